The minimum absolute atomic E-state index is 0.0613. The Hall–Kier alpha value is -1.11. The number of rotatable bonds is 6. The Kier molecular flexibility index (Phi) is 4.91. The summed E-state index contributed by atoms with van der Waals surface area (Å²) in [6.45, 7) is 2.89. The highest BCUT2D eigenvalue weighted by Gasteiger charge is 2.31. The minimum Gasteiger partial charge on any atom is -0.495 e. The fraction of sp³-hybridized carbons (Fsp3) is 0.600. The highest BCUT2D eigenvalue weighted by molar-refractivity contribution is 7.89. The van der Waals surface area contributed by atoms with Crippen molar-refractivity contribution in [1.82, 2.24) is 4.72 Å². The van der Waals surface area contributed by atoms with Crippen molar-refractivity contribution in [3.63, 3.8) is 0 Å². The van der Waals surface area contributed by atoms with Crippen molar-refractivity contribution in [1.29, 1.82) is 0 Å². The number of nitrogens with one attached hydrogen (secondary N) is 1. The van der Waals surface area contributed by atoms with Crippen LogP contribution in [-0.2, 0) is 16.6 Å². The van der Waals surface area contributed by atoms with Crippen molar-refractivity contribution < 1.29 is 13.2 Å². The van der Waals surface area contributed by atoms with E-state index in [0.717, 1.165) is 18.4 Å². The molecule has 0 radical (unpaired) electrons. The van der Waals surface area contributed by atoms with E-state index in [9.17, 15) is 8.42 Å². The maximum absolute atomic E-state index is 12.5. The molecule has 5 nitrogen and oxygen atoms in total. The van der Waals surface area contributed by atoms with Crippen LogP contribution in [0.1, 0.15) is 38.2 Å². The van der Waals surface area contributed by atoms with E-state index in [-0.39, 0.29) is 10.3 Å². The van der Waals surface area contributed by atoms with Crippen LogP contribution in [0.5, 0.6) is 5.75 Å². The van der Waals surface area contributed by atoms with Gasteiger partial charge in [-0.25, -0.2) is 13.1 Å². The molecular formula is C15H24N2O3S. The van der Waals surface area contributed by atoms with Crippen molar-refractivity contribution >= 4 is 10.0 Å². The molecule has 1 aromatic carbocycles. The fourth-order valence-electron chi connectivity index (χ4n) is 2.81. The summed E-state index contributed by atoms with van der Waals surface area (Å²) in [7, 11) is -2.12. The normalized spacial score (nSPS) is 17.9. The second-order valence-corrected chi connectivity index (χ2v) is 7.77. The largest absolute Gasteiger partial charge is 0.495 e. The molecule has 21 heavy (non-hydrogen) atoms. The van der Waals surface area contributed by atoms with Crippen molar-refractivity contribution in [2.75, 3.05) is 13.7 Å². The van der Waals surface area contributed by atoms with Crippen LogP contribution in [0.3, 0.4) is 0 Å². The SMILES string of the molecule is COc1ccc(CN)cc1S(=O)(=O)NCC1(C)CCCC1. The van der Waals surface area contributed by atoms with E-state index in [0.29, 0.717) is 18.8 Å². The van der Waals surface area contributed by atoms with Crippen molar-refractivity contribution in [2.45, 2.75) is 44.0 Å². The van der Waals surface area contributed by atoms with Gasteiger partial charge in [-0.15, -0.1) is 0 Å². The van der Waals surface area contributed by atoms with Crippen LogP contribution in [0, 0.1) is 5.41 Å². The fourth-order valence-corrected chi connectivity index (χ4v) is 4.23. The summed E-state index contributed by atoms with van der Waals surface area (Å²) < 4.78 is 33.0. The first-order valence-corrected chi connectivity index (χ1v) is 8.75. The third kappa shape index (κ3) is 3.75. The average molecular weight is 312 g/mol. The minimum atomic E-state index is -3.59. The van der Waals surface area contributed by atoms with Gasteiger partial charge >= 0.3 is 0 Å². The molecule has 1 aromatic rings. The second-order valence-electron chi connectivity index (χ2n) is 6.03. The van der Waals surface area contributed by atoms with E-state index in [1.165, 1.54) is 20.0 Å². The van der Waals surface area contributed by atoms with Crippen LogP contribution in [0.2, 0.25) is 0 Å². The van der Waals surface area contributed by atoms with Gasteiger partial charge < -0.3 is 10.5 Å². The van der Waals surface area contributed by atoms with E-state index in [2.05, 4.69) is 11.6 Å². The lowest BCUT2D eigenvalue weighted by Crippen LogP contribution is -2.34. The summed E-state index contributed by atoms with van der Waals surface area (Å²) in [4.78, 5) is 0.162. The molecule has 0 unspecified atom stereocenters. The van der Waals surface area contributed by atoms with Gasteiger partial charge in [-0.1, -0.05) is 25.8 Å². The van der Waals surface area contributed by atoms with Crippen LogP contribution >= 0.6 is 0 Å². The first-order valence-electron chi connectivity index (χ1n) is 7.27. The van der Waals surface area contributed by atoms with Gasteiger partial charge in [-0.05, 0) is 36.0 Å². The zero-order valence-corrected chi connectivity index (χ0v) is 13.5. The van der Waals surface area contributed by atoms with E-state index >= 15 is 0 Å². The molecular weight excluding hydrogens is 288 g/mol. The lowest BCUT2D eigenvalue weighted by molar-refractivity contribution is 0.335. The zero-order chi connectivity index (χ0) is 15.5. The summed E-state index contributed by atoms with van der Waals surface area (Å²) in [5.74, 6) is 0.344. The number of hydrogen-bond donors (Lipinski definition) is 2. The average Bonchev–Trinajstić information content (AvgIpc) is 2.92. The van der Waals surface area contributed by atoms with E-state index in [1.54, 1.807) is 18.2 Å². The van der Waals surface area contributed by atoms with Crippen molar-refractivity contribution in [3.8, 4) is 5.75 Å². The van der Waals surface area contributed by atoms with Crippen molar-refractivity contribution in [3.05, 3.63) is 23.8 Å². The topological polar surface area (TPSA) is 81.4 Å². The van der Waals surface area contributed by atoms with Gasteiger partial charge in [0.05, 0.1) is 7.11 Å². The number of sulfonamides is 1. The van der Waals surface area contributed by atoms with Gasteiger partial charge in [0.1, 0.15) is 10.6 Å². The Labute approximate surface area is 126 Å². The predicted octanol–water partition coefficient (Wildman–Crippen LogP) is 2.01. The van der Waals surface area contributed by atoms with E-state index in [1.807, 2.05) is 0 Å². The van der Waals surface area contributed by atoms with Gasteiger partial charge in [0.25, 0.3) is 0 Å². The van der Waals surface area contributed by atoms with Gasteiger partial charge in [0, 0.05) is 13.1 Å². The summed E-state index contributed by atoms with van der Waals surface area (Å²) in [5, 5.41) is 0. The number of benzene rings is 1. The molecule has 0 spiro atoms. The zero-order valence-electron chi connectivity index (χ0n) is 12.7. The molecule has 1 fully saturated rings. The molecule has 0 atom stereocenters. The van der Waals surface area contributed by atoms with Crippen molar-refractivity contribution in [2.24, 2.45) is 11.1 Å². The molecule has 0 heterocycles. The Balaban J connectivity index is 2.22. The van der Waals surface area contributed by atoms with E-state index in [4.69, 9.17) is 10.5 Å². The summed E-state index contributed by atoms with van der Waals surface area (Å²) in [5.41, 5.74) is 6.42. The smallest absolute Gasteiger partial charge is 0.244 e. The standard InChI is InChI=1S/C15H24N2O3S/c1-15(7-3-4-8-15)11-17-21(18,19)14-9-12(10-16)5-6-13(14)20-2/h5-6,9,17H,3-4,7-8,10-11,16H2,1-2H3. The molecule has 0 aliphatic heterocycles. The summed E-state index contributed by atoms with van der Waals surface area (Å²) in [6, 6.07) is 5.00. The molecule has 6 heteroatoms. The molecule has 0 aromatic heterocycles. The van der Waals surface area contributed by atoms with Crippen LogP contribution in [-0.4, -0.2) is 22.1 Å². The maximum Gasteiger partial charge on any atom is 0.244 e. The van der Waals surface area contributed by atoms with Crippen LogP contribution in [0.25, 0.3) is 0 Å². The molecule has 1 aliphatic rings. The van der Waals surface area contributed by atoms with Gasteiger partial charge in [-0.2, -0.15) is 0 Å². The number of ether oxygens (including phenoxy) is 1. The van der Waals surface area contributed by atoms with Gasteiger partial charge in [0.2, 0.25) is 10.0 Å². The molecule has 1 aliphatic carbocycles. The summed E-state index contributed by atoms with van der Waals surface area (Å²) >= 11 is 0. The number of methoxy groups -OCH3 is 1. The van der Waals surface area contributed by atoms with E-state index < -0.39 is 10.0 Å². The quantitative estimate of drug-likeness (QED) is 0.842. The van der Waals surface area contributed by atoms with Crippen LogP contribution in [0.4, 0.5) is 0 Å². The Morgan fingerprint density at radius 1 is 1.33 bits per heavy atom. The summed E-state index contributed by atoms with van der Waals surface area (Å²) in [6.07, 6.45) is 4.47. The molecule has 2 rings (SSSR count). The molecule has 0 amide bonds. The lowest BCUT2D eigenvalue weighted by atomic mass is 9.89. The highest BCUT2D eigenvalue weighted by atomic mass is 32.2. The van der Waals surface area contributed by atoms with Gasteiger partial charge in [-0.3, -0.25) is 0 Å². The first kappa shape index (κ1) is 16.3. The van der Waals surface area contributed by atoms with Crippen LogP contribution < -0.4 is 15.2 Å². The third-order valence-corrected chi connectivity index (χ3v) is 5.68. The monoisotopic (exact) mass is 312 g/mol. The predicted molar refractivity (Wildman–Crippen MR) is 82.6 cm³/mol. The van der Waals surface area contributed by atoms with Gasteiger partial charge in [0.15, 0.2) is 0 Å². The Morgan fingerprint density at radius 3 is 2.57 bits per heavy atom. The molecule has 118 valence electrons. The molecule has 0 saturated heterocycles. The second kappa shape index (κ2) is 6.34. The Morgan fingerprint density at radius 2 is 2.00 bits per heavy atom. The maximum atomic E-state index is 12.5. The highest BCUT2D eigenvalue weighted by Crippen LogP contribution is 2.37. The molecule has 0 bridgehead atoms. The lowest BCUT2D eigenvalue weighted by Gasteiger charge is -2.24. The number of nitrogens with two attached hydrogens (primary N) is 1. The molecule has 1 saturated carbocycles. The third-order valence-electron chi connectivity index (χ3n) is 4.25. The van der Waals surface area contributed by atoms with Crippen LogP contribution in [0.15, 0.2) is 23.1 Å². The molecule has 3 N–H and O–H groups in total. The first-order chi connectivity index (χ1) is 9.90. The number of hydrogen-bond acceptors (Lipinski definition) is 4. The Bertz CT molecular complexity index is 593.